The van der Waals surface area contributed by atoms with E-state index in [4.69, 9.17) is 10.00 Å². The third-order valence-corrected chi connectivity index (χ3v) is 3.23. The van der Waals surface area contributed by atoms with Gasteiger partial charge in [0.05, 0.1) is 0 Å². The summed E-state index contributed by atoms with van der Waals surface area (Å²) in [5.41, 5.74) is 1.22. The van der Waals surface area contributed by atoms with Crippen LogP contribution in [0, 0.1) is 11.3 Å². The van der Waals surface area contributed by atoms with Gasteiger partial charge >= 0.3 is 0 Å². The summed E-state index contributed by atoms with van der Waals surface area (Å²) in [4.78, 5) is 5.09. The minimum Gasteiger partial charge on any atom is -0.488 e. The molecule has 4 heteroatoms. The predicted molar refractivity (Wildman–Crippen MR) is 71.5 cm³/mol. The number of thioether (sulfide) groups is 1. The minimum atomic E-state index is 0.355. The molecule has 0 fully saturated rings. The van der Waals surface area contributed by atoms with E-state index in [1.54, 1.807) is 24.0 Å². The van der Waals surface area contributed by atoms with Gasteiger partial charge < -0.3 is 4.74 Å². The van der Waals surface area contributed by atoms with E-state index in [1.165, 1.54) is 0 Å². The molecule has 0 aliphatic heterocycles. The molecule has 0 amide bonds. The van der Waals surface area contributed by atoms with E-state index < -0.39 is 0 Å². The first-order valence-corrected chi connectivity index (χ1v) is 6.67. The molecule has 0 aliphatic carbocycles. The third-order valence-electron chi connectivity index (χ3n) is 2.45. The number of benzene rings is 1. The molecule has 0 spiro atoms. The fraction of sp³-hybridized carbons (Fsp3) is 0.143. The summed E-state index contributed by atoms with van der Waals surface area (Å²) in [6, 6.07) is 13.6. The van der Waals surface area contributed by atoms with Gasteiger partial charge in [0.15, 0.2) is 0 Å². The van der Waals surface area contributed by atoms with Gasteiger partial charge in [-0.25, -0.2) is 4.98 Å². The molecule has 0 aliphatic rings. The zero-order chi connectivity index (χ0) is 12.8. The van der Waals surface area contributed by atoms with Gasteiger partial charge in [-0.3, -0.25) is 0 Å². The van der Waals surface area contributed by atoms with Crippen LogP contribution in [-0.2, 0) is 6.61 Å². The summed E-state index contributed by atoms with van der Waals surface area (Å²) in [6.45, 7) is 0.355. The molecule has 2 aromatic rings. The summed E-state index contributed by atoms with van der Waals surface area (Å²) in [5.74, 6) is 0.831. The molecule has 2 rings (SSSR count). The summed E-state index contributed by atoms with van der Waals surface area (Å²) in [6.07, 6.45) is 3.62. The molecule has 0 bridgehead atoms. The third kappa shape index (κ3) is 2.82. The Morgan fingerprint density at radius 2 is 2.11 bits per heavy atom. The van der Waals surface area contributed by atoms with Crippen LogP contribution in [0.3, 0.4) is 0 Å². The lowest BCUT2D eigenvalue weighted by atomic mass is 10.2. The van der Waals surface area contributed by atoms with Crippen LogP contribution in [0.4, 0.5) is 0 Å². The Bertz CT molecular complexity index is 578. The number of hydrogen-bond donors (Lipinski definition) is 0. The Balaban J connectivity index is 2.14. The molecule has 0 atom stereocenters. The van der Waals surface area contributed by atoms with Crippen LogP contribution in [0.2, 0.25) is 0 Å². The molecule has 0 unspecified atom stereocenters. The van der Waals surface area contributed by atoms with Gasteiger partial charge in [-0.2, -0.15) is 5.26 Å². The number of para-hydroxylation sites is 1. The lowest BCUT2D eigenvalue weighted by Crippen LogP contribution is -2.00. The van der Waals surface area contributed by atoms with Crippen LogP contribution in [0.1, 0.15) is 11.3 Å². The standard InChI is InChI=1S/C14H12N2OS/c1-18-14-7-3-2-6-13(14)17-10-11-5-4-8-16-12(11)9-15/h2-8H,10H2,1H3. The topological polar surface area (TPSA) is 45.9 Å². The highest BCUT2D eigenvalue weighted by Gasteiger charge is 2.05. The van der Waals surface area contributed by atoms with E-state index in [2.05, 4.69) is 11.1 Å². The molecule has 1 aromatic heterocycles. The first kappa shape index (κ1) is 12.5. The Labute approximate surface area is 110 Å². The van der Waals surface area contributed by atoms with Crippen molar-refractivity contribution < 1.29 is 4.74 Å². The summed E-state index contributed by atoms with van der Waals surface area (Å²) in [5, 5.41) is 8.94. The van der Waals surface area contributed by atoms with Crippen molar-refractivity contribution in [2.45, 2.75) is 11.5 Å². The highest BCUT2D eigenvalue weighted by atomic mass is 32.2. The molecule has 0 saturated carbocycles. The molecular formula is C14H12N2OS. The molecule has 1 aromatic carbocycles. The van der Waals surface area contributed by atoms with E-state index in [9.17, 15) is 0 Å². The second kappa shape index (κ2) is 6.08. The Morgan fingerprint density at radius 1 is 1.28 bits per heavy atom. The largest absolute Gasteiger partial charge is 0.488 e. The molecule has 18 heavy (non-hydrogen) atoms. The maximum absolute atomic E-state index is 8.94. The van der Waals surface area contributed by atoms with Crippen molar-refractivity contribution in [2.24, 2.45) is 0 Å². The lowest BCUT2D eigenvalue weighted by molar-refractivity contribution is 0.298. The van der Waals surface area contributed by atoms with Crippen LogP contribution in [0.15, 0.2) is 47.5 Å². The predicted octanol–water partition coefficient (Wildman–Crippen LogP) is 3.25. The Kier molecular flexibility index (Phi) is 4.21. The van der Waals surface area contributed by atoms with Gasteiger partial charge in [0.2, 0.25) is 0 Å². The minimum absolute atomic E-state index is 0.355. The second-order valence-electron chi connectivity index (χ2n) is 3.56. The number of nitriles is 1. The first-order valence-electron chi connectivity index (χ1n) is 5.45. The van der Waals surface area contributed by atoms with E-state index in [-0.39, 0.29) is 0 Å². The van der Waals surface area contributed by atoms with Crippen molar-refractivity contribution in [1.82, 2.24) is 4.98 Å². The number of rotatable bonds is 4. The Hall–Kier alpha value is -1.99. The van der Waals surface area contributed by atoms with Crippen LogP contribution in [0.25, 0.3) is 0 Å². The van der Waals surface area contributed by atoms with Crippen molar-refractivity contribution in [3.05, 3.63) is 53.9 Å². The van der Waals surface area contributed by atoms with Crippen molar-refractivity contribution >= 4 is 11.8 Å². The van der Waals surface area contributed by atoms with Gasteiger partial charge in [-0.15, -0.1) is 11.8 Å². The van der Waals surface area contributed by atoms with Crippen molar-refractivity contribution in [1.29, 1.82) is 5.26 Å². The molecule has 90 valence electrons. The van der Waals surface area contributed by atoms with Gasteiger partial charge in [0.25, 0.3) is 0 Å². The number of pyridine rings is 1. The zero-order valence-corrected chi connectivity index (χ0v) is 10.8. The van der Waals surface area contributed by atoms with Crippen LogP contribution in [0.5, 0.6) is 5.75 Å². The quantitative estimate of drug-likeness (QED) is 0.788. The summed E-state index contributed by atoms with van der Waals surface area (Å²) in [7, 11) is 0. The maximum Gasteiger partial charge on any atom is 0.147 e. The van der Waals surface area contributed by atoms with E-state index in [0.717, 1.165) is 16.2 Å². The van der Waals surface area contributed by atoms with E-state index >= 15 is 0 Å². The van der Waals surface area contributed by atoms with Gasteiger partial charge in [-0.05, 0) is 24.5 Å². The fourth-order valence-electron chi connectivity index (χ4n) is 1.55. The number of ether oxygens (including phenoxy) is 1. The van der Waals surface area contributed by atoms with Crippen molar-refractivity contribution in [3.8, 4) is 11.8 Å². The molecule has 0 radical (unpaired) electrons. The van der Waals surface area contributed by atoms with Crippen molar-refractivity contribution in [2.75, 3.05) is 6.26 Å². The second-order valence-corrected chi connectivity index (χ2v) is 4.41. The molecule has 1 heterocycles. The van der Waals surface area contributed by atoms with Gasteiger partial charge in [0, 0.05) is 16.7 Å². The van der Waals surface area contributed by atoms with Gasteiger partial charge in [0.1, 0.15) is 24.1 Å². The SMILES string of the molecule is CSc1ccccc1OCc1cccnc1C#N. The van der Waals surface area contributed by atoms with Crippen LogP contribution >= 0.6 is 11.8 Å². The van der Waals surface area contributed by atoms with E-state index in [0.29, 0.717) is 12.3 Å². The highest BCUT2D eigenvalue weighted by Crippen LogP contribution is 2.27. The van der Waals surface area contributed by atoms with Crippen LogP contribution < -0.4 is 4.74 Å². The first-order chi connectivity index (χ1) is 8.85. The normalized spacial score (nSPS) is 9.78. The highest BCUT2D eigenvalue weighted by molar-refractivity contribution is 7.98. The zero-order valence-electron chi connectivity index (χ0n) is 9.96. The average Bonchev–Trinajstić information content (AvgIpc) is 2.45. The molecule has 3 nitrogen and oxygen atoms in total. The number of nitrogens with zero attached hydrogens (tertiary/aromatic N) is 2. The number of aromatic nitrogens is 1. The molecular weight excluding hydrogens is 244 g/mol. The fourth-order valence-corrected chi connectivity index (χ4v) is 2.09. The van der Waals surface area contributed by atoms with Crippen molar-refractivity contribution in [3.63, 3.8) is 0 Å². The van der Waals surface area contributed by atoms with Crippen LogP contribution in [-0.4, -0.2) is 11.2 Å². The summed E-state index contributed by atoms with van der Waals surface area (Å²) < 4.78 is 5.74. The maximum atomic E-state index is 8.94. The Morgan fingerprint density at radius 3 is 2.89 bits per heavy atom. The van der Waals surface area contributed by atoms with E-state index in [1.807, 2.05) is 36.6 Å². The molecule has 0 N–H and O–H groups in total. The molecule has 0 saturated heterocycles. The summed E-state index contributed by atoms with van der Waals surface area (Å²) >= 11 is 1.63. The lowest BCUT2D eigenvalue weighted by Gasteiger charge is -2.10. The van der Waals surface area contributed by atoms with Gasteiger partial charge in [-0.1, -0.05) is 18.2 Å². The smallest absolute Gasteiger partial charge is 0.147 e. The average molecular weight is 256 g/mol. The number of hydrogen-bond acceptors (Lipinski definition) is 4. The monoisotopic (exact) mass is 256 g/mol.